The molecule has 0 saturated heterocycles. The van der Waals surface area contributed by atoms with Crippen LogP contribution in [0.2, 0.25) is 0 Å². The Bertz CT molecular complexity index is 3200. The fourth-order valence-electron chi connectivity index (χ4n) is 5.93. The van der Waals surface area contributed by atoms with Crippen molar-refractivity contribution in [3.05, 3.63) is 78.4 Å². The Morgan fingerprint density at radius 1 is 0.537 bits per heavy atom. The Morgan fingerprint density at radius 2 is 0.944 bits per heavy atom. The molecule has 0 radical (unpaired) electrons. The van der Waals surface area contributed by atoms with Crippen LogP contribution in [0.1, 0.15) is 18.1 Å². The molecule has 0 amide bonds. The molecule has 0 aliphatic carbocycles. The molecule has 6 aromatic rings. The van der Waals surface area contributed by atoms with Crippen LogP contribution in [0.25, 0.3) is 91.1 Å². The van der Waals surface area contributed by atoms with Crippen molar-refractivity contribution in [2.45, 2.75) is 21.6 Å². The minimum atomic E-state index is -4.70. The summed E-state index contributed by atoms with van der Waals surface area (Å²) in [5.74, 6) is -0.138. The fraction of sp³-hybridized carbons (Fsp3) is 0.0303. The summed E-state index contributed by atoms with van der Waals surface area (Å²) < 4.78 is 102. The summed E-state index contributed by atoms with van der Waals surface area (Å²) in [5, 5.41) is 0.335. The average molecular weight is 834 g/mol. The summed E-state index contributed by atoms with van der Waals surface area (Å²) in [6.07, 6.45) is 4.91. The van der Waals surface area contributed by atoms with E-state index in [1.165, 1.54) is 24.3 Å². The van der Waals surface area contributed by atoms with Gasteiger partial charge in [-0.25, -0.2) is 9.97 Å². The zero-order valence-corrected chi connectivity index (χ0v) is 32.9. The Hall–Kier alpha value is -5.41. The summed E-state index contributed by atoms with van der Waals surface area (Å²) in [7, 11) is -14.0. The van der Waals surface area contributed by atoms with Crippen molar-refractivity contribution < 1.29 is 58.4 Å². The number of fused-ring (bicyclic) bond motifs is 17. The first-order valence-electron chi connectivity index (χ1n) is 15.1. The zero-order valence-electron chi connectivity index (χ0n) is 27.4. The number of benzene rings is 3. The van der Waals surface area contributed by atoms with E-state index in [4.69, 9.17) is 0 Å². The molecule has 54 heavy (non-hydrogen) atoms. The third kappa shape index (κ3) is 6.24. The molecule has 3 N–H and O–H groups in total. The van der Waals surface area contributed by atoms with Crippen LogP contribution in [-0.4, -0.2) is 68.8 Å². The third-order valence-electron chi connectivity index (χ3n) is 8.32. The van der Waals surface area contributed by atoms with Crippen molar-refractivity contribution in [2.75, 3.05) is 0 Å². The van der Waals surface area contributed by atoms with E-state index < -0.39 is 45.0 Å². The van der Waals surface area contributed by atoms with Crippen LogP contribution in [0.3, 0.4) is 0 Å². The molecule has 17 nitrogen and oxygen atoms in total. The summed E-state index contributed by atoms with van der Waals surface area (Å²) >= 11 is 0. The zero-order chi connectivity index (χ0) is 37.6. The normalized spacial score (nSPS) is 12.7. The van der Waals surface area contributed by atoms with Gasteiger partial charge in [0.05, 0.1) is 38.0 Å². The van der Waals surface area contributed by atoms with E-state index in [1.54, 1.807) is 19.1 Å². The molecule has 0 saturated carbocycles. The number of nitrogens with zero attached hydrogens (tertiary/aromatic N) is 8. The predicted molar refractivity (Wildman–Crippen MR) is 191 cm³/mol. The SMILES string of the molecule is C=Cc1c(/C=C\C)c2nc3nc(nc4[n-]c(nc5nc(nc1[n-]2)-c1ccc(S(=O)(=O)O)cc1-5)c1ccc(S(=O)(=O)O)cc41)-c1ccc(S(=O)(=O)O)cc1-3.[Zn+2]. The molecule has 266 valence electrons. The van der Waals surface area contributed by atoms with E-state index in [0.29, 0.717) is 16.7 Å². The molecule has 21 heteroatoms. The Balaban J connectivity index is 0.00000450. The number of hydrogen-bond donors (Lipinski definition) is 3. The molecule has 3 aromatic carbocycles. The second-order valence-electron chi connectivity index (χ2n) is 11.6. The van der Waals surface area contributed by atoms with Gasteiger partial charge < -0.3 is 29.9 Å². The van der Waals surface area contributed by atoms with Gasteiger partial charge in [-0.1, -0.05) is 43.0 Å². The van der Waals surface area contributed by atoms with Gasteiger partial charge in [-0.15, -0.1) is 0 Å². The van der Waals surface area contributed by atoms with Gasteiger partial charge in [0.25, 0.3) is 30.4 Å². The predicted octanol–water partition coefficient (Wildman–Crippen LogP) is 4.39. The number of aromatic nitrogens is 8. The smallest absolute Gasteiger partial charge is 0.357 e. The molecule has 0 atom stereocenters. The van der Waals surface area contributed by atoms with Gasteiger partial charge in [0.15, 0.2) is 0 Å². The first kappa shape index (κ1) is 36.9. The minimum absolute atomic E-state index is 0. The second kappa shape index (κ2) is 12.9. The average Bonchev–Trinajstić information content (AvgIpc) is 3.81. The summed E-state index contributed by atoms with van der Waals surface area (Å²) in [6.45, 7) is 5.67. The number of rotatable bonds is 5. The van der Waals surface area contributed by atoms with Crippen LogP contribution in [-0.2, 0) is 49.8 Å². The first-order chi connectivity index (χ1) is 25.0. The molecule has 5 heterocycles. The molecule has 2 aliphatic heterocycles. The molecule has 8 rings (SSSR count). The van der Waals surface area contributed by atoms with Crippen LogP contribution >= 0.6 is 0 Å². The van der Waals surface area contributed by atoms with E-state index in [-0.39, 0.29) is 92.8 Å². The third-order valence-corrected chi connectivity index (χ3v) is 10.9. The van der Waals surface area contributed by atoms with Gasteiger partial charge in [-0.2, -0.15) is 25.3 Å². The fourth-order valence-corrected chi connectivity index (χ4v) is 7.45. The van der Waals surface area contributed by atoms with E-state index >= 15 is 0 Å². The van der Waals surface area contributed by atoms with Crippen molar-refractivity contribution in [2.24, 2.45) is 0 Å². The van der Waals surface area contributed by atoms with Crippen LogP contribution in [0, 0.1) is 0 Å². The minimum Gasteiger partial charge on any atom is -0.357 e. The van der Waals surface area contributed by atoms with Gasteiger partial charge >= 0.3 is 19.5 Å². The summed E-state index contributed by atoms with van der Waals surface area (Å²) in [4.78, 5) is 35.5. The van der Waals surface area contributed by atoms with E-state index in [9.17, 15) is 38.9 Å². The molecule has 0 spiro atoms. The molecule has 0 fully saturated rings. The van der Waals surface area contributed by atoms with Crippen molar-refractivity contribution in [1.82, 2.24) is 39.9 Å². The topological polar surface area (TPSA) is 269 Å². The summed E-state index contributed by atoms with van der Waals surface area (Å²) in [6, 6.07) is 11.0. The van der Waals surface area contributed by atoms with Gasteiger partial charge in [0.2, 0.25) is 0 Å². The Kier molecular flexibility index (Phi) is 8.80. The van der Waals surface area contributed by atoms with Crippen molar-refractivity contribution in [1.29, 1.82) is 0 Å². The maximum Gasteiger partial charge on any atom is 2.00 e. The van der Waals surface area contributed by atoms with Crippen LogP contribution < -0.4 is 9.97 Å². The standard InChI is InChI=1S/C33H20N8O9S3.Zn/c1-3-5-19-18(4-2)26-34-27(19)36-31-24-13-16(52(45,46)47)7-10-21(24)29(38-31)40-33-25-14-17(53(48,49)50)8-11-22(25)30(41-33)39-32-23-12-15(51(42,43)44)6-9-20(23)28(35-26)37-32;/h3-14H,2H2,1H3,(H3-2,34,35,36,37,38,39,40,41,42,43,44,45,46,47,48,49,50);/q-2;+2/b5-3-;. The number of allylic oxidation sites excluding steroid dienone is 1. The molecular weight excluding hydrogens is 814 g/mol. The molecule has 3 aromatic heterocycles. The Morgan fingerprint density at radius 3 is 1.43 bits per heavy atom. The molecule has 8 bridgehead atoms. The molecule has 2 aliphatic rings. The van der Waals surface area contributed by atoms with Gasteiger partial charge in [-0.3, -0.25) is 13.7 Å². The van der Waals surface area contributed by atoms with Gasteiger partial charge in [-0.05, 0) is 65.2 Å². The van der Waals surface area contributed by atoms with Crippen LogP contribution in [0.5, 0.6) is 0 Å². The quantitative estimate of drug-likeness (QED) is 0.160. The largest absolute Gasteiger partial charge is 2.00 e. The van der Waals surface area contributed by atoms with E-state index in [1.807, 2.05) is 0 Å². The molecule has 0 unspecified atom stereocenters. The van der Waals surface area contributed by atoms with Crippen molar-refractivity contribution >= 4 is 75.9 Å². The monoisotopic (exact) mass is 832 g/mol. The van der Waals surface area contributed by atoms with Gasteiger partial charge in [0, 0.05) is 44.8 Å². The van der Waals surface area contributed by atoms with E-state index in [2.05, 4.69) is 46.5 Å². The van der Waals surface area contributed by atoms with Gasteiger partial charge in [0.1, 0.15) is 0 Å². The molecular formula is C33H20N8O9S3Zn. The summed E-state index contributed by atoms with van der Waals surface area (Å²) in [5.41, 5.74) is 1.75. The maximum atomic E-state index is 12.2. The van der Waals surface area contributed by atoms with Crippen molar-refractivity contribution in [3.63, 3.8) is 0 Å². The van der Waals surface area contributed by atoms with E-state index in [0.717, 1.165) is 36.4 Å². The second-order valence-corrected chi connectivity index (χ2v) is 15.8. The number of hydrogen-bond acceptors (Lipinski definition) is 12. The van der Waals surface area contributed by atoms with Crippen LogP contribution in [0.4, 0.5) is 0 Å². The first-order valence-corrected chi connectivity index (χ1v) is 19.4. The van der Waals surface area contributed by atoms with Crippen molar-refractivity contribution in [3.8, 4) is 45.6 Å². The maximum absolute atomic E-state index is 12.2. The Labute approximate surface area is 318 Å². The van der Waals surface area contributed by atoms with Crippen LogP contribution in [0.15, 0.2) is 81.9 Å².